The number of ether oxygens (including phenoxy) is 2. The van der Waals surface area contributed by atoms with Crippen LogP contribution < -0.4 is 14.8 Å². The van der Waals surface area contributed by atoms with Gasteiger partial charge in [-0.3, -0.25) is 4.79 Å². The monoisotopic (exact) mass is 389 g/mol. The number of fused-ring (bicyclic) bond motifs is 2. The molecule has 0 spiro atoms. The van der Waals surface area contributed by atoms with Gasteiger partial charge in [0.15, 0.2) is 0 Å². The summed E-state index contributed by atoms with van der Waals surface area (Å²) >= 11 is 0. The molecule has 0 saturated carbocycles. The molecule has 0 unspecified atom stereocenters. The van der Waals surface area contributed by atoms with Crippen LogP contribution in [0.4, 0.5) is 0 Å². The van der Waals surface area contributed by atoms with Crippen LogP contribution in [-0.4, -0.2) is 18.6 Å². The van der Waals surface area contributed by atoms with Gasteiger partial charge in [-0.1, -0.05) is 42.5 Å². The maximum Gasteiger partial charge on any atom is 0.220 e. The molecule has 3 aromatic rings. The van der Waals surface area contributed by atoms with Crippen LogP contribution in [0.1, 0.15) is 43.9 Å². The van der Waals surface area contributed by atoms with Crippen molar-refractivity contribution in [1.29, 1.82) is 0 Å². The Hall–Kier alpha value is -3.01. The quantitative estimate of drug-likeness (QED) is 0.652. The topological polar surface area (TPSA) is 47.6 Å². The number of hydrogen-bond donors (Lipinski definition) is 1. The fourth-order valence-corrected chi connectivity index (χ4v) is 4.11. The normalized spacial score (nSPS) is 17.3. The first kappa shape index (κ1) is 19.3. The third-order valence-electron chi connectivity index (χ3n) is 5.51. The highest BCUT2D eigenvalue weighted by Crippen LogP contribution is 2.41. The van der Waals surface area contributed by atoms with Gasteiger partial charge in [-0.05, 0) is 54.8 Å². The van der Waals surface area contributed by atoms with Gasteiger partial charge in [-0.15, -0.1) is 0 Å². The second kappa shape index (κ2) is 7.78. The molecule has 0 saturated heterocycles. The highest BCUT2D eigenvalue weighted by Gasteiger charge is 2.34. The number of methoxy groups -OCH3 is 1. The SMILES string of the molecule is COc1ccc2c(c1)[C@@H](NC(=O)CCc1cccc3ccccc13)CC(C)(C)O2. The van der Waals surface area contributed by atoms with E-state index in [4.69, 9.17) is 9.47 Å². The van der Waals surface area contributed by atoms with E-state index in [-0.39, 0.29) is 17.6 Å². The summed E-state index contributed by atoms with van der Waals surface area (Å²) < 4.78 is 11.5. The van der Waals surface area contributed by atoms with Crippen LogP contribution in [0.2, 0.25) is 0 Å². The third-order valence-corrected chi connectivity index (χ3v) is 5.51. The third kappa shape index (κ3) is 4.21. The number of hydrogen-bond acceptors (Lipinski definition) is 3. The van der Waals surface area contributed by atoms with Crippen LogP contribution in [0.3, 0.4) is 0 Å². The molecule has 0 radical (unpaired) electrons. The lowest BCUT2D eigenvalue weighted by Gasteiger charge is -2.38. The van der Waals surface area contributed by atoms with Gasteiger partial charge in [0.2, 0.25) is 5.91 Å². The minimum Gasteiger partial charge on any atom is -0.497 e. The van der Waals surface area contributed by atoms with Gasteiger partial charge in [-0.25, -0.2) is 0 Å². The van der Waals surface area contributed by atoms with E-state index in [1.165, 1.54) is 16.3 Å². The molecule has 0 bridgehead atoms. The van der Waals surface area contributed by atoms with Crippen molar-refractivity contribution in [2.75, 3.05) is 7.11 Å². The van der Waals surface area contributed by atoms with Crippen LogP contribution in [-0.2, 0) is 11.2 Å². The Labute approximate surface area is 171 Å². The second-order valence-corrected chi connectivity index (χ2v) is 8.23. The number of carbonyl (C=O) groups excluding carboxylic acids is 1. The van der Waals surface area contributed by atoms with Crippen LogP contribution in [0.5, 0.6) is 11.5 Å². The van der Waals surface area contributed by atoms with Crippen LogP contribution in [0, 0.1) is 0 Å². The summed E-state index contributed by atoms with van der Waals surface area (Å²) in [5.41, 5.74) is 1.84. The zero-order valence-electron chi connectivity index (χ0n) is 17.2. The molecule has 1 atom stereocenters. The number of aryl methyl sites for hydroxylation is 1. The largest absolute Gasteiger partial charge is 0.497 e. The number of nitrogens with one attached hydrogen (secondary N) is 1. The highest BCUT2D eigenvalue weighted by molar-refractivity contribution is 5.86. The molecule has 1 aliphatic heterocycles. The van der Waals surface area contributed by atoms with Crippen molar-refractivity contribution < 1.29 is 14.3 Å². The maximum absolute atomic E-state index is 12.8. The molecular weight excluding hydrogens is 362 g/mol. The summed E-state index contributed by atoms with van der Waals surface area (Å²) in [6, 6.07) is 20.2. The smallest absolute Gasteiger partial charge is 0.220 e. The number of rotatable bonds is 5. The molecule has 3 aromatic carbocycles. The fraction of sp³-hybridized carbons (Fsp3) is 0.320. The van der Waals surface area contributed by atoms with Gasteiger partial charge in [0, 0.05) is 18.4 Å². The van der Waals surface area contributed by atoms with Crippen molar-refractivity contribution in [2.45, 2.75) is 44.8 Å². The van der Waals surface area contributed by atoms with Crippen LogP contribution in [0.25, 0.3) is 10.8 Å². The first-order valence-electron chi connectivity index (χ1n) is 10.1. The Morgan fingerprint density at radius 3 is 2.76 bits per heavy atom. The lowest BCUT2D eigenvalue weighted by molar-refractivity contribution is -0.122. The second-order valence-electron chi connectivity index (χ2n) is 8.23. The molecule has 1 aliphatic rings. The minimum atomic E-state index is -0.338. The Balaban J connectivity index is 1.49. The van der Waals surface area contributed by atoms with E-state index in [9.17, 15) is 4.79 Å². The highest BCUT2D eigenvalue weighted by atomic mass is 16.5. The first-order chi connectivity index (χ1) is 13.9. The molecule has 4 rings (SSSR count). The Kier molecular flexibility index (Phi) is 5.18. The van der Waals surface area contributed by atoms with Crippen molar-refractivity contribution >= 4 is 16.7 Å². The average molecular weight is 389 g/mol. The summed E-state index contributed by atoms with van der Waals surface area (Å²) in [5, 5.41) is 5.64. The molecule has 29 heavy (non-hydrogen) atoms. The van der Waals surface area contributed by atoms with E-state index in [1.807, 2.05) is 30.3 Å². The molecule has 0 aromatic heterocycles. The van der Waals surface area contributed by atoms with E-state index in [1.54, 1.807) is 7.11 Å². The van der Waals surface area contributed by atoms with Gasteiger partial charge in [0.05, 0.1) is 13.2 Å². The number of amides is 1. The fourth-order valence-electron chi connectivity index (χ4n) is 4.11. The lowest BCUT2D eigenvalue weighted by Crippen LogP contribution is -2.41. The zero-order chi connectivity index (χ0) is 20.4. The van der Waals surface area contributed by atoms with Crippen LogP contribution >= 0.6 is 0 Å². The Morgan fingerprint density at radius 2 is 1.93 bits per heavy atom. The van der Waals surface area contributed by atoms with Crippen LogP contribution in [0.15, 0.2) is 60.7 Å². The average Bonchev–Trinajstić information content (AvgIpc) is 2.71. The lowest BCUT2D eigenvalue weighted by atomic mass is 9.89. The summed E-state index contributed by atoms with van der Waals surface area (Å²) in [4.78, 5) is 12.8. The molecule has 4 nitrogen and oxygen atoms in total. The molecule has 150 valence electrons. The van der Waals surface area contributed by atoms with Crippen molar-refractivity contribution in [1.82, 2.24) is 5.32 Å². The summed E-state index contributed by atoms with van der Waals surface area (Å²) in [6.07, 6.45) is 1.88. The molecule has 0 fully saturated rings. The molecule has 0 aliphatic carbocycles. The summed E-state index contributed by atoms with van der Waals surface area (Å²) in [7, 11) is 1.65. The summed E-state index contributed by atoms with van der Waals surface area (Å²) in [6.45, 7) is 4.10. The van der Waals surface area contributed by atoms with Gasteiger partial charge in [-0.2, -0.15) is 0 Å². The first-order valence-corrected chi connectivity index (χ1v) is 10.1. The Bertz CT molecular complexity index is 1040. The van der Waals surface area contributed by atoms with Crippen molar-refractivity contribution in [3.8, 4) is 11.5 Å². The van der Waals surface area contributed by atoms with Gasteiger partial charge < -0.3 is 14.8 Å². The standard InChI is InChI=1S/C25H27NO3/c1-25(2)16-22(21-15-19(28-3)12-13-23(21)29-25)26-24(27)14-11-18-9-6-8-17-7-4-5-10-20(17)18/h4-10,12-13,15,22H,11,14,16H2,1-3H3,(H,26,27)/t22-/m0/s1. The van der Waals surface area contributed by atoms with E-state index in [0.717, 1.165) is 17.1 Å². The van der Waals surface area contributed by atoms with Gasteiger partial charge >= 0.3 is 0 Å². The maximum atomic E-state index is 12.8. The van der Waals surface area contributed by atoms with Gasteiger partial charge in [0.1, 0.15) is 17.1 Å². The minimum absolute atomic E-state index is 0.0504. The van der Waals surface area contributed by atoms with E-state index in [0.29, 0.717) is 19.3 Å². The van der Waals surface area contributed by atoms with E-state index in [2.05, 4.69) is 49.5 Å². The predicted octanol–water partition coefficient (Wildman–Crippen LogP) is 5.20. The van der Waals surface area contributed by atoms with E-state index >= 15 is 0 Å². The molecular formula is C25H27NO3. The van der Waals surface area contributed by atoms with Crippen molar-refractivity contribution in [2.24, 2.45) is 0 Å². The molecule has 1 N–H and O–H groups in total. The Morgan fingerprint density at radius 1 is 1.14 bits per heavy atom. The zero-order valence-corrected chi connectivity index (χ0v) is 17.2. The van der Waals surface area contributed by atoms with Crippen molar-refractivity contribution in [3.63, 3.8) is 0 Å². The summed E-state index contributed by atoms with van der Waals surface area (Å²) in [5.74, 6) is 1.62. The molecule has 1 heterocycles. The number of benzene rings is 3. The van der Waals surface area contributed by atoms with Crippen molar-refractivity contribution in [3.05, 3.63) is 71.8 Å². The van der Waals surface area contributed by atoms with Gasteiger partial charge in [0.25, 0.3) is 0 Å². The predicted molar refractivity (Wildman–Crippen MR) is 115 cm³/mol. The molecule has 1 amide bonds. The molecule has 4 heteroatoms. The van der Waals surface area contributed by atoms with E-state index < -0.39 is 0 Å². The number of carbonyl (C=O) groups is 1.